The molecule has 0 heterocycles. The van der Waals surface area contributed by atoms with Crippen LogP contribution >= 0.6 is 50.8 Å². The number of halogens is 4. The van der Waals surface area contributed by atoms with Crippen LogP contribution in [0.1, 0.15) is 0 Å². The summed E-state index contributed by atoms with van der Waals surface area (Å²) >= 11 is 13.3. The van der Waals surface area contributed by atoms with Crippen molar-refractivity contribution in [3.63, 3.8) is 0 Å². The molecule has 0 N–H and O–H groups in total. The maximum absolute atomic E-state index is 3.34. The minimum Gasteiger partial charge on any atom is -0.0683 e. The smallest absolute Gasteiger partial charge is 0.0683 e. The van der Waals surface area contributed by atoms with E-state index in [1.165, 1.54) is 0 Å². The maximum Gasteiger partial charge on any atom is -0.0683 e. The van der Waals surface area contributed by atoms with E-state index in [1.54, 1.807) is 0 Å². The van der Waals surface area contributed by atoms with Crippen LogP contribution in [0.3, 0.4) is 0 Å². The van der Waals surface area contributed by atoms with Crippen molar-refractivity contribution in [1.82, 2.24) is 0 Å². The van der Waals surface area contributed by atoms with Crippen molar-refractivity contribution in [1.29, 1.82) is 0 Å². The second-order valence-corrected chi connectivity index (χ2v) is 77.6. The molecule has 0 aromatic carbocycles. The molecule has 0 unspecified atom stereocenters. The second kappa shape index (κ2) is 4.58. The quantitative estimate of drug-likeness (QED) is 0.493. The summed E-state index contributed by atoms with van der Waals surface area (Å²) < 4.78 is 0. The topological polar surface area (TPSA) is 0 Å². The van der Waals surface area contributed by atoms with Crippen LogP contribution in [0.25, 0.3) is 0 Å². The molecule has 0 aliphatic carbocycles. The van der Waals surface area contributed by atoms with Crippen LogP contribution in [0, 0.1) is 7.43 Å². The molecule has 5 heteroatoms. The number of hydrogen-bond acceptors (Lipinski definition) is 0. The predicted molar refractivity (Wildman–Crippen MR) is 47.9 cm³/mol. The van der Waals surface area contributed by atoms with Crippen molar-refractivity contribution in [2.75, 3.05) is 0 Å². The van der Waals surface area contributed by atoms with Gasteiger partial charge in [-0.15, -0.1) is 0 Å². The second-order valence-electron chi connectivity index (χ2n) is 0.429. The first-order chi connectivity index (χ1) is 2.00. The Hall–Kier alpha value is 2.72. The van der Waals surface area contributed by atoms with Crippen LogP contribution in [0.5, 0.6) is 0 Å². The SMILES string of the molecule is [Br][Sn]([Br])([Br])[Br].[CH3]. The third-order valence-corrected chi connectivity index (χ3v) is 0. The van der Waals surface area contributed by atoms with Gasteiger partial charge >= 0.3 is 60.3 Å². The Balaban J connectivity index is 0. The monoisotopic (exact) mass is 451 g/mol. The molecule has 0 saturated heterocycles. The molecule has 0 aromatic heterocycles. The zero-order valence-corrected chi connectivity index (χ0v) is 12.2. The van der Waals surface area contributed by atoms with Crippen molar-refractivity contribution >= 4 is 60.3 Å². The van der Waals surface area contributed by atoms with Gasteiger partial charge < -0.3 is 0 Å². The summed E-state index contributed by atoms with van der Waals surface area (Å²) in [6.07, 6.45) is 0. The first-order valence-electron chi connectivity index (χ1n) is 0.756. The van der Waals surface area contributed by atoms with Gasteiger partial charge in [0, 0.05) is 0 Å². The first kappa shape index (κ1) is 11.5. The van der Waals surface area contributed by atoms with Gasteiger partial charge in [0.1, 0.15) is 0 Å². The maximum atomic E-state index is 3.34. The van der Waals surface area contributed by atoms with Crippen molar-refractivity contribution in [2.24, 2.45) is 0 Å². The van der Waals surface area contributed by atoms with Gasteiger partial charge in [0.25, 0.3) is 0 Å². The molecule has 0 atom stereocenters. The molecule has 0 aliphatic rings. The molecule has 1 radical (unpaired) electrons. The molecule has 6 heavy (non-hydrogen) atoms. The van der Waals surface area contributed by atoms with E-state index in [9.17, 15) is 0 Å². The molecule has 0 nitrogen and oxygen atoms in total. The molecule has 0 aliphatic heterocycles. The Morgan fingerprint density at radius 2 is 0.833 bits per heavy atom. The number of rotatable bonds is 0. The molecule has 0 bridgehead atoms. The minimum atomic E-state index is -1.93. The van der Waals surface area contributed by atoms with Crippen molar-refractivity contribution in [3.05, 3.63) is 7.43 Å². The van der Waals surface area contributed by atoms with Crippen LogP contribution in [0.2, 0.25) is 0 Å². The van der Waals surface area contributed by atoms with E-state index in [4.69, 9.17) is 0 Å². The summed E-state index contributed by atoms with van der Waals surface area (Å²) in [4.78, 5) is 0. The van der Waals surface area contributed by atoms with Crippen LogP contribution < -0.4 is 0 Å². The van der Waals surface area contributed by atoms with Crippen molar-refractivity contribution < 1.29 is 0 Å². The summed E-state index contributed by atoms with van der Waals surface area (Å²) in [5, 5.41) is 0. The van der Waals surface area contributed by atoms with E-state index in [-0.39, 0.29) is 7.43 Å². The van der Waals surface area contributed by atoms with Crippen LogP contribution in [0.15, 0.2) is 0 Å². The van der Waals surface area contributed by atoms with Gasteiger partial charge in [-0.25, -0.2) is 0 Å². The fourth-order valence-corrected chi connectivity index (χ4v) is 0. The summed E-state index contributed by atoms with van der Waals surface area (Å²) in [5.74, 6) is 0. The van der Waals surface area contributed by atoms with E-state index in [1.807, 2.05) is 0 Å². The largest absolute Gasteiger partial charge is 0.0683 e. The van der Waals surface area contributed by atoms with Gasteiger partial charge in [-0.1, -0.05) is 7.43 Å². The van der Waals surface area contributed by atoms with Gasteiger partial charge in [0.15, 0.2) is 0 Å². The standard InChI is InChI=1S/CH3.4BrH.Sn/h1H3;4*1H;/q;;;;;+4/p-4. The summed E-state index contributed by atoms with van der Waals surface area (Å²) in [7, 11) is -1.93. The van der Waals surface area contributed by atoms with Crippen LogP contribution in [0.4, 0.5) is 0 Å². The van der Waals surface area contributed by atoms with Gasteiger partial charge in [0.2, 0.25) is 0 Å². The molecule has 0 amide bonds. The Bertz CT molecular complexity index is 23.0. The van der Waals surface area contributed by atoms with Gasteiger partial charge in [-0.2, -0.15) is 0 Å². The van der Waals surface area contributed by atoms with Crippen LogP contribution in [-0.2, 0) is 0 Å². The Morgan fingerprint density at radius 1 is 0.833 bits per heavy atom. The summed E-state index contributed by atoms with van der Waals surface area (Å²) in [6, 6.07) is 0. The fraction of sp³-hybridized carbons (Fsp3) is 0. The molecule has 39 valence electrons. The van der Waals surface area contributed by atoms with E-state index < -0.39 is 9.49 Å². The Labute approximate surface area is 66.3 Å². The van der Waals surface area contributed by atoms with E-state index in [2.05, 4.69) is 50.8 Å². The summed E-state index contributed by atoms with van der Waals surface area (Å²) in [6.45, 7) is 0. The van der Waals surface area contributed by atoms with Gasteiger partial charge in [-0.05, 0) is 0 Å². The predicted octanol–water partition coefficient (Wildman–Crippen LogP) is 3.45. The normalized spacial score (nSPS) is 10.0. The first-order valence-corrected chi connectivity index (χ1v) is 26.3. The van der Waals surface area contributed by atoms with E-state index in [0.717, 1.165) is 0 Å². The molecular formula is CH3Br4Sn. The van der Waals surface area contributed by atoms with Crippen molar-refractivity contribution in [2.45, 2.75) is 0 Å². The Morgan fingerprint density at radius 3 is 0.833 bits per heavy atom. The fourth-order valence-electron chi connectivity index (χ4n) is 0. The molecule has 0 aromatic rings. The average molecular weight is 453 g/mol. The van der Waals surface area contributed by atoms with Gasteiger partial charge in [-0.3, -0.25) is 0 Å². The van der Waals surface area contributed by atoms with Crippen molar-refractivity contribution in [3.8, 4) is 0 Å². The third-order valence-electron chi connectivity index (χ3n) is 0. The Kier molecular flexibility index (Phi) is 8.79. The molecule has 0 spiro atoms. The van der Waals surface area contributed by atoms with E-state index >= 15 is 0 Å². The number of hydrogen-bond donors (Lipinski definition) is 0. The molecule has 0 fully saturated rings. The molecular weight excluding hydrogens is 450 g/mol. The minimum absolute atomic E-state index is 0. The summed E-state index contributed by atoms with van der Waals surface area (Å²) in [5.41, 5.74) is 0. The zero-order valence-electron chi connectivity index (χ0n) is 3.01. The zero-order chi connectivity index (χ0) is 4.50. The molecule has 0 saturated carbocycles. The molecule has 0 rings (SSSR count). The third kappa shape index (κ3) is 29.7. The van der Waals surface area contributed by atoms with E-state index in [0.29, 0.717) is 0 Å². The average Bonchev–Trinajstić information content (AvgIpc) is 0.722. The van der Waals surface area contributed by atoms with Gasteiger partial charge in [0.05, 0.1) is 0 Å². The van der Waals surface area contributed by atoms with Crippen LogP contribution in [-0.4, -0.2) is 9.49 Å².